The SMILES string of the molecule is COc1ccc(CCn2c(C)c(C)c3c2ncn2nc(-c4ccco4)nc32)cc1OC. The Morgan fingerprint density at radius 3 is 2.61 bits per heavy atom. The Morgan fingerprint density at radius 2 is 1.87 bits per heavy atom. The maximum absolute atomic E-state index is 5.46. The van der Waals surface area contributed by atoms with Crippen molar-refractivity contribution >= 4 is 16.7 Å². The number of nitrogens with zero attached hydrogens (tertiary/aromatic N) is 5. The molecule has 0 spiro atoms. The molecule has 0 fully saturated rings. The highest BCUT2D eigenvalue weighted by Crippen LogP contribution is 2.30. The summed E-state index contributed by atoms with van der Waals surface area (Å²) >= 11 is 0. The number of aryl methyl sites for hydroxylation is 3. The number of fused-ring (bicyclic) bond motifs is 3. The van der Waals surface area contributed by atoms with Crippen LogP contribution in [-0.2, 0) is 13.0 Å². The number of ether oxygens (including phenoxy) is 2. The molecule has 0 amide bonds. The lowest BCUT2D eigenvalue weighted by molar-refractivity contribution is 0.354. The highest BCUT2D eigenvalue weighted by Gasteiger charge is 2.19. The Kier molecular flexibility index (Phi) is 4.62. The van der Waals surface area contributed by atoms with Gasteiger partial charge in [0.15, 0.2) is 22.9 Å². The number of hydrogen-bond acceptors (Lipinski definition) is 6. The van der Waals surface area contributed by atoms with Crippen molar-refractivity contribution in [2.75, 3.05) is 14.2 Å². The lowest BCUT2D eigenvalue weighted by Gasteiger charge is -2.11. The van der Waals surface area contributed by atoms with E-state index < -0.39 is 0 Å². The first kappa shape index (κ1) is 19.2. The Bertz CT molecular complexity index is 1380. The minimum atomic E-state index is 0.550. The standard InChI is InChI=1S/C23H23N5O3/c1-14-15(2)27(10-9-16-7-8-17(29-3)19(12-16)30-4)22-20(14)23-25-21(18-6-5-11-31-18)26-28(23)13-24-22/h5-8,11-13H,9-10H2,1-4H3. The molecule has 0 bridgehead atoms. The zero-order valence-electron chi connectivity index (χ0n) is 17.9. The highest BCUT2D eigenvalue weighted by molar-refractivity contribution is 5.94. The molecule has 0 atom stereocenters. The predicted molar refractivity (Wildman–Crippen MR) is 117 cm³/mol. The molecule has 4 aromatic heterocycles. The summed E-state index contributed by atoms with van der Waals surface area (Å²) in [6.07, 6.45) is 4.17. The second-order valence-electron chi connectivity index (χ2n) is 7.43. The number of rotatable bonds is 6. The molecule has 0 unspecified atom stereocenters. The molecule has 31 heavy (non-hydrogen) atoms. The van der Waals surface area contributed by atoms with Crippen molar-refractivity contribution in [3.63, 3.8) is 0 Å². The third kappa shape index (κ3) is 3.11. The van der Waals surface area contributed by atoms with Crippen molar-refractivity contribution in [1.82, 2.24) is 24.1 Å². The van der Waals surface area contributed by atoms with Gasteiger partial charge in [-0.05, 0) is 55.7 Å². The molecule has 0 aliphatic rings. The van der Waals surface area contributed by atoms with E-state index in [-0.39, 0.29) is 0 Å². The summed E-state index contributed by atoms with van der Waals surface area (Å²) in [6.45, 7) is 5.01. The molecule has 0 radical (unpaired) electrons. The van der Waals surface area contributed by atoms with E-state index in [9.17, 15) is 0 Å². The number of benzene rings is 1. The molecule has 1 aromatic carbocycles. The number of methoxy groups -OCH3 is 2. The third-order valence-electron chi connectivity index (χ3n) is 5.76. The van der Waals surface area contributed by atoms with Crippen molar-refractivity contribution in [3.8, 4) is 23.1 Å². The molecule has 5 rings (SSSR count). The lowest BCUT2D eigenvalue weighted by Crippen LogP contribution is -2.05. The van der Waals surface area contributed by atoms with E-state index in [4.69, 9.17) is 23.9 Å². The fourth-order valence-electron chi connectivity index (χ4n) is 3.99. The van der Waals surface area contributed by atoms with Crippen LogP contribution < -0.4 is 9.47 Å². The first-order chi connectivity index (χ1) is 15.1. The van der Waals surface area contributed by atoms with Gasteiger partial charge in [0.1, 0.15) is 12.0 Å². The molecular weight excluding hydrogens is 394 g/mol. The fraction of sp³-hybridized carbons (Fsp3) is 0.261. The van der Waals surface area contributed by atoms with Gasteiger partial charge in [0, 0.05) is 12.2 Å². The number of hydrogen-bond donors (Lipinski definition) is 0. The second-order valence-corrected chi connectivity index (χ2v) is 7.43. The molecule has 158 valence electrons. The number of furan rings is 1. The molecule has 0 aliphatic heterocycles. The van der Waals surface area contributed by atoms with Crippen molar-refractivity contribution in [1.29, 1.82) is 0 Å². The summed E-state index contributed by atoms with van der Waals surface area (Å²) in [7, 11) is 3.29. The molecule has 8 heteroatoms. The van der Waals surface area contributed by atoms with Crippen LogP contribution in [0.2, 0.25) is 0 Å². The van der Waals surface area contributed by atoms with E-state index in [1.54, 1.807) is 31.3 Å². The zero-order valence-corrected chi connectivity index (χ0v) is 17.9. The largest absolute Gasteiger partial charge is 0.493 e. The van der Waals surface area contributed by atoms with Crippen LogP contribution in [0, 0.1) is 13.8 Å². The second kappa shape index (κ2) is 7.46. The normalized spacial score (nSPS) is 11.5. The quantitative estimate of drug-likeness (QED) is 0.412. The van der Waals surface area contributed by atoms with Crippen LogP contribution in [0.5, 0.6) is 11.5 Å². The van der Waals surface area contributed by atoms with Crippen LogP contribution in [-0.4, -0.2) is 38.4 Å². The summed E-state index contributed by atoms with van der Waals surface area (Å²) in [5, 5.41) is 5.54. The highest BCUT2D eigenvalue weighted by atomic mass is 16.5. The molecule has 0 N–H and O–H groups in total. The first-order valence-electron chi connectivity index (χ1n) is 10.1. The zero-order chi connectivity index (χ0) is 21.5. The van der Waals surface area contributed by atoms with Gasteiger partial charge in [0.25, 0.3) is 0 Å². The summed E-state index contributed by atoms with van der Waals surface area (Å²) in [5.41, 5.74) is 5.17. The summed E-state index contributed by atoms with van der Waals surface area (Å²) in [5.74, 6) is 2.65. The predicted octanol–water partition coefficient (Wildman–Crippen LogP) is 4.22. The Hall–Kier alpha value is -3.81. The van der Waals surface area contributed by atoms with Crippen LogP contribution in [0.25, 0.3) is 28.3 Å². The smallest absolute Gasteiger partial charge is 0.217 e. The van der Waals surface area contributed by atoms with Crippen molar-refractivity contribution in [2.45, 2.75) is 26.8 Å². The summed E-state index contributed by atoms with van der Waals surface area (Å²) in [6, 6.07) is 9.70. The lowest BCUT2D eigenvalue weighted by atomic mass is 10.1. The van der Waals surface area contributed by atoms with Crippen LogP contribution in [0.4, 0.5) is 0 Å². The monoisotopic (exact) mass is 417 g/mol. The Labute approximate surface area is 179 Å². The van der Waals surface area contributed by atoms with E-state index in [1.807, 2.05) is 24.3 Å². The van der Waals surface area contributed by atoms with Gasteiger partial charge in [0.05, 0.1) is 25.9 Å². The summed E-state index contributed by atoms with van der Waals surface area (Å²) < 4.78 is 20.2. The molecule has 0 saturated carbocycles. The Balaban J connectivity index is 1.53. The maximum atomic E-state index is 5.46. The van der Waals surface area contributed by atoms with Gasteiger partial charge in [-0.25, -0.2) is 14.5 Å². The number of aromatic nitrogens is 5. The first-order valence-corrected chi connectivity index (χ1v) is 10.1. The van der Waals surface area contributed by atoms with Crippen molar-refractivity contribution in [3.05, 3.63) is 59.7 Å². The topological polar surface area (TPSA) is 79.6 Å². The fourth-order valence-corrected chi connectivity index (χ4v) is 3.99. The van der Waals surface area contributed by atoms with Crippen molar-refractivity contribution in [2.24, 2.45) is 0 Å². The molecule has 5 aromatic rings. The van der Waals surface area contributed by atoms with Crippen molar-refractivity contribution < 1.29 is 13.9 Å². The average Bonchev–Trinajstić information content (AvgIpc) is 3.51. The van der Waals surface area contributed by atoms with Gasteiger partial charge in [-0.1, -0.05) is 6.07 Å². The van der Waals surface area contributed by atoms with Crippen LogP contribution in [0.3, 0.4) is 0 Å². The third-order valence-corrected chi connectivity index (χ3v) is 5.76. The average molecular weight is 417 g/mol. The van der Waals surface area contributed by atoms with E-state index in [0.29, 0.717) is 11.6 Å². The van der Waals surface area contributed by atoms with Crippen LogP contribution >= 0.6 is 0 Å². The van der Waals surface area contributed by atoms with Gasteiger partial charge >= 0.3 is 0 Å². The maximum Gasteiger partial charge on any atom is 0.217 e. The molecule has 8 nitrogen and oxygen atoms in total. The van der Waals surface area contributed by atoms with E-state index in [2.05, 4.69) is 29.6 Å². The van der Waals surface area contributed by atoms with Crippen LogP contribution in [0.1, 0.15) is 16.8 Å². The van der Waals surface area contributed by atoms with E-state index in [1.165, 1.54) is 11.3 Å². The summed E-state index contributed by atoms with van der Waals surface area (Å²) in [4.78, 5) is 9.44. The Morgan fingerprint density at radius 1 is 1.03 bits per heavy atom. The van der Waals surface area contributed by atoms with Gasteiger partial charge in [-0.2, -0.15) is 0 Å². The van der Waals surface area contributed by atoms with Gasteiger partial charge in [-0.3, -0.25) is 0 Å². The van der Waals surface area contributed by atoms with E-state index in [0.717, 1.165) is 46.7 Å². The molecule has 0 aliphatic carbocycles. The molecule has 4 heterocycles. The molecular formula is C23H23N5O3. The molecule has 0 saturated heterocycles. The van der Waals surface area contributed by atoms with Gasteiger partial charge in [-0.15, -0.1) is 5.10 Å². The van der Waals surface area contributed by atoms with Crippen LogP contribution in [0.15, 0.2) is 47.3 Å². The minimum Gasteiger partial charge on any atom is -0.493 e. The van der Waals surface area contributed by atoms with E-state index >= 15 is 0 Å². The van der Waals surface area contributed by atoms with Gasteiger partial charge < -0.3 is 18.5 Å². The van der Waals surface area contributed by atoms with Gasteiger partial charge in [0.2, 0.25) is 5.82 Å². The minimum absolute atomic E-state index is 0.550.